The molecule has 0 amide bonds. The van der Waals surface area contributed by atoms with E-state index in [0.717, 1.165) is 11.3 Å². The van der Waals surface area contributed by atoms with Gasteiger partial charge in [0, 0.05) is 30.3 Å². The quantitative estimate of drug-likeness (QED) is 0.778. The van der Waals surface area contributed by atoms with Crippen LogP contribution in [0.3, 0.4) is 0 Å². The van der Waals surface area contributed by atoms with E-state index in [1.807, 2.05) is 18.3 Å². The summed E-state index contributed by atoms with van der Waals surface area (Å²) in [4.78, 5) is 3.21. The van der Waals surface area contributed by atoms with Gasteiger partial charge >= 0.3 is 0 Å². The van der Waals surface area contributed by atoms with Crippen molar-refractivity contribution in [2.24, 2.45) is 0 Å². The van der Waals surface area contributed by atoms with Crippen molar-refractivity contribution in [3.63, 3.8) is 0 Å². The molecule has 15 heavy (non-hydrogen) atoms. The van der Waals surface area contributed by atoms with E-state index in [1.54, 1.807) is 7.11 Å². The second-order valence-corrected chi connectivity index (χ2v) is 3.52. The van der Waals surface area contributed by atoms with Crippen LogP contribution in [0.15, 0.2) is 24.4 Å². The topological polar surface area (TPSA) is 34.2 Å². The number of aromatic nitrogens is 1. The summed E-state index contributed by atoms with van der Waals surface area (Å²) in [6, 6.07) is 6.07. The monoisotopic (exact) mass is 205 g/mol. The number of methoxy groups -OCH3 is 1. The van der Waals surface area contributed by atoms with Gasteiger partial charge in [-0.1, -0.05) is 0 Å². The van der Waals surface area contributed by atoms with Gasteiger partial charge in [0.05, 0.1) is 6.61 Å². The lowest BCUT2D eigenvalue weighted by molar-refractivity contribution is 0.146. The molecule has 1 aromatic heterocycles. The van der Waals surface area contributed by atoms with Crippen LogP contribution in [0.1, 0.15) is 5.56 Å². The maximum Gasteiger partial charge on any atom is 0.121 e. The Kier molecular flexibility index (Phi) is 2.92. The Bertz CT molecular complexity index is 448. The van der Waals surface area contributed by atoms with Crippen LogP contribution in [0.4, 0.5) is 0 Å². The molecule has 2 rings (SSSR count). The Morgan fingerprint density at radius 2 is 2.13 bits per heavy atom. The highest BCUT2D eigenvalue weighted by atomic mass is 16.5. The van der Waals surface area contributed by atoms with Gasteiger partial charge < -0.3 is 14.5 Å². The van der Waals surface area contributed by atoms with Gasteiger partial charge in [-0.3, -0.25) is 0 Å². The third kappa shape index (κ3) is 2.13. The van der Waals surface area contributed by atoms with E-state index >= 15 is 0 Å². The predicted molar refractivity (Wildman–Crippen MR) is 60.4 cm³/mol. The lowest BCUT2D eigenvalue weighted by atomic mass is 10.2. The molecule has 1 aromatic carbocycles. The summed E-state index contributed by atoms with van der Waals surface area (Å²) in [5, 5.41) is 1.24. The van der Waals surface area contributed by atoms with Gasteiger partial charge in [-0.2, -0.15) is 0 Å². The molecule has 1 heterocycles. The van der Waals surface area contributed by atoms with Crippen molar-refractivity contribution in [3.05, 3.63) is 30.0 Å². The summed E-state index contributed by atoms with van der Waals surface area (Å²) in [6.07, 6.45) is 2.00. The SMILES string of the molecule is COCCOc1ccc2c(C)c[nH]c2c1. The lowest BCUT2D eigenvalue weighted by Crippen LogP contribution is -2.03. The van der Waals surface area contributed by atoms with Crippen LogP contribution in [-0.4, -0.2) is 25.3 Å². The Hall–Kier alpha value is -1.48. The molecule has 0 radical (unpaired) electrons. The minimum absolute atomic E-state index is 0.585. The van der Waals surface area contributed by atoms with Crippen LogP contribution < -0.4 is 4.74 Å². The maximum absolute atomic E-state index is 5.52. The van der Waals surface area contributed by atoms with Gasteiger partial charge in [0.25, 0.3) is 0 Å². The van der Waals surface area contributed by atoms with E-state index in [-0.39, 0.29) is 0 Å². The second kappa shape index (κ2) is 4.36. The molecule has 0 bridgehead atoms. The molecular formula is C12H15NO2. The number of hydrogen-bond donors (Lipinski definition) is 1. The third-order valence-corrected chi connectivity index (χ3v) is 2.42. The fourth-order valence-corrected chi connectivity index (χ4v) is 1.58. The molecule has 0 aliphatic heterocycles. The van der Waals surface area contributed by atoms with E-state index in [9.17, 15) is 0 Å². The molecule has 0 unspecified atom stereocenters. The highest BCUT2D eigenvalue weighted by Crippen LogP contribution is 2.22. The minimum Gasteiger partial charge on any atom is -0.491 e. The maximum atomic E-state index is 5.52. The van der Waals surface area contributed by atoms with Crippen LogP contribution in [0, 0.1) is 6.92 Å². The fourth-order valence-electron chi connectivity index (χ4n) is 1.58. The van der Waals surface area contributed by atoms with Crippen molar-refractivity contribution in [2.45, 2.75) is 6.92 Å². The molecule has 0 saturated heterocycles. The minimum atomic E-state index is 0.585. The number of aromatic amines is 1. The van der Waals surface area contributed by atoms with E-state index in [2.05, 4.69) is 18.0 Å². The van der Waals surface area contributed by atoms with Gasteiger partial charge in [0.2, 0.25) is 0 Å². The van der Waals surface area contributed by atoms with Gasteiger partial charge in [0.1, 0.15) is 12.4 Å². The standard InChI is InChI=1S/C12H15NO2/c1-9-8-13-12-7-10(3-4-11(9)12)15-6-5-14-2/h3-4,7-8,13H,5-6H2,1-2H3. The van der Waals surface area contributed by atoms with Crippen molar-refractivity contribution in [3.8, 4) is 5.75 Å². The normalized spacial score (nSPS) is 10.8. The zero-order chi connectivity index (χ0) is 10.7. The molecule has 0 aliphatic carbocycles. The average Bonchev–Trinajstić information content (AvgIpc) is 2.61. The van der Waals surface area contributed by atoms with Crippen LogP contribution in [0.5, 0.6) is 5.75 Å². The van der Waals surface area contributed by atoms with Crippen LogP contribution in [0.25, 0.3) is 10.9 Å². The number of nitrogens with one attached hydrogen (secondary N) is 1. The zero-order valence-corrected chi connectivity index (χ0v) is 9.04. The largest absolute Gasteiger partial charge is 0.491 e. The first-order valence-electron chi connectivity index (χ1n) is 5.01. The highest BCUT2D eigenvalue weighted by molar-refractivity contribution is 5.84. The fraction of sp³-hybridized carbons (Fsp3) is 0.333. The summed E-state index contributed by atoms with van der Waals surface area (Å²) in [6.45, 7) is 3.29. The molecule has 3 heteroatoms. The number of aryl methyl sites for hydroxylation is 1. The van der Waals surface area contributed by atoms with Crippen molar-refractivity contribution in [1.82, 2.24) is 4.98 Å². The van der Waals surface area contributed by atoms with E-state index < -0.39 is 0 Å². The smallest absolute Gasteiger partial charge is 0.121 e. The number of rotatable bonds is 4. The molecule has 0 saturated carbocycles. The van der Waals surface area contributed by atoms with Crippen LogP contribution in [0.2, 0.25) is 0 Å². The summed E-state index contributed by atoms with van der Waals surface area (Å²) in [5.74, 6) is 0.876. The van der Waals surface area contributed by atoms with E-state index in [4.69, 9.17) is 9.47 Å². The first kappa shape index (κ1) is 10.1. The summed E-state index contributed by atoms with van der Waals surface area (Å²) >= 11 is 0. The zero-order valence-electron chi connectivity index (χ0n) is 9.04. The van der Waals surface area contributed by atoms with Gasteiger partial charge in [-0.25, -0.2) is 0 Å². The Balaban J connectivity index is 2.16. The van der Waals surface area contributed by atoms with Crippen molar-refractivity contribution in [1.29, 1.82) is 0 Å². The average molecular weight is 205 g/mol. The van der Waals surface area contributed by atoms with Crippen LogP contribution in [-0.2, 0) is 4.74 Å². The number of H-pyrrole nitrogens is 1. The van der Waals surface area contributed by atoms with Crippen LogP contribution >= 0.6 is 0 Å². The number of benzene rings is 1. The summed E-state index contributed by atoms with van der Waals surface area (Å²) in [7, 11) is 1.67. The molecule has 1 N–H and O–H groups in total. The molecule has 0 atom stereocenters. The second-order valence-electron chi connectivity index (χ2n) is 3.52. The van der Waals surface area contributed by atoms with Gasteiger partial charge in [-0.15, -0.1) is 0 Å². The van der Waals surface area contributed by atoms with Gasteiger partial charge in [-0.05, 0) is 24.6 Å². The predicted octanol–water partition coefficient (Wildman–Crippen LogP) is 2.50. The Labute approximate surface area is 89.0 Å². The Morgan fingerprint density at radius 3 is 2.93 bits per heavy atom. The number of fused-ring (bicyclic) bond motifs is 1. The lowest BCUT2D eigenvalue weighted by Gasteiger charge is -2.05. The number of hydrogen-bond acceptors (Lipinski definition) is 2. The number of ether oxygens (including phenoxy) is 2. The van der Waals surface area contributed by atoms with E-state index in [1.165, 1.54) is 10.9 Å². The first-order valence-corrected chi connectivity index (χ1v) is 5.01. The molecular weight excluding hydrogens is 190 g/mol. The molecule has 2 aromatic rings. The van der Waals surface area contributed by atoms with E-state index in [0.29, 0.717) is 13.2 Å². The summed E-state index contributed by atoms with van der Waals surface area (Å²) in [5.41, 5.74) is 2.37. The van der Waals surface area contributed by atoms with Crippen molar-refractivity contribution >= 4 is 10.9 Å². The van der Waals surface area contributed by atoms with Gasteiger partial charge in [0.15, 0.2) is 0 Å². The first-order chi connectivity index (χ1) is 7.31. The molecule has 0 fully saturated rings. The molecule has 0 spiro atoms. The summed E-state index contributed by atoms with van der Waals surface area (Å²) < 4.78 is 10.4. The molecule has 3 nitrogen and oxygen atoms in total. The Morgan fingerprint density at radius 1 is 1.27 bits per heavy atom. The van der Waals surface area contributed by atoms with Crippen molar-refractivity contribution < 1.29 is 9.47 Å². The third-order valence-electron chi connectivity index (χ3n) is 2.42. The highest BCUT2D eigenvalue weighted by Gasteiger charge is 2.01. The molecule has 80 valence electrons. The van der Waals surface area contributed by atoms with Crippen molar-refractivity contribution in [2.75, 3.05) is 20.3 Å². The molecule has 0 aliphatic rings.